The van der Waals surface area contributed by atoms with Crippen LogP contribution in [0, 0.1) is 23.2 Å². The van der Waals surface area contributed by atoms with E-state index in [4.69, 9.17) is 4.74 Å². The quantitative estimate of drug-likeness (QED) is 0.637. The van der Waals surface area contributed by atoms with Crippen LogP contribution >= 0.6 is 0 Å². The number of ether oxygens (including phenoxy) is 1. The van der Waals surface area contributed by atoms with Crippen molar-refractivity contribution in [3.8, 4) is 0 Å². The third kappa shape index (κ3) is 3.03. The molecule has 0 bridgehead atoms. The Kier molecular flexibility index (Phi) is 4.74. The fourth-order valence-electron chi connectivity index (χ4n) is 4.61. The van der Waals surface area contributed by atoms with Crippen LogP contribution in [0.15, 0.2) is 30.3 Å². The van der Waals surface area contributed by atoms with Crippen LogP contribution in [-0.4, -0.2) is 22.1 Å². The fraction of sp³-hybridized carbons (Fsp3) is 0.700. The second-order valence-electron chi connectivity index (χ2n) is 7.93. The van der Waals surface area contributed by atoms with Gasteiger partial charge in [-0.1, -0.05) is 0 Å². The van der Waals surface area contributed by atoms with Gasteiger partial charge in [-0.15, -0.1) is 0 Å². The van der Waals surface area contributed by atoms with E-state index in [1.165, 1.54) is 18.4 Å². The Bertz CT molecular complexity index is 498. The molecule has 2 fully saturated rings. The predicted molar refractivity (Wildman–Crippen MR) is 94.3 cm³/mol. The van der Waals surface area contributed by atoms with Crippen molar-refractivity contribution in [3.63, 3.8) is 0 Å². The number of rotatable bonds is 5. The van der Waals surface area contributed by atoms with Gasteiger partial charge < -0.3 is 0 Å². The molecule has 3 rings (SSSR count). The molecule has 122 valence electrons. The minimum atomic E-state index is 0.262. The van der Waals surface area contributed by atoms with Gasteiger partial charge in [-0.3, -0.25) is 0 Å². The maximum atomic E-state index is 5.87. The third-order valence-electron chi connectivity index (χ3n) is 6.23. The van der Waals surface area contributed by atoms with Gasteiger partial charge in [0, 0.05) is 0 Å². The maximum absolute atomic E-state index is 5.87. The van der Waals surface area contributed by atoms with Crippen molar-refractivity contribution in [1.29, 1.82) is 0 Å². The molecule has 0 heterocycles. The Balaban J connectivity index is 1.64. The van der Waals surface area contributed by atoms with Crippen LogP contribution in [0.4, 0.5) is 0 Å². The van der Waals surface area contributed by atoms with Crippen LogP contribution < -0.4 is 0 Å². The van der Waals surface area contributed by atoms with Crippen LogP contribution in [0.25, 0.3) is 0 Å². The Morgan fingerprint density at radius 1 is 1.14 bits per heavy atom. The molecule has 1 nitrogen and oxygen atoms in total. The molecule has 0 amide bonds. The monoisotopic (exact) mass is 366 g/mol. The molecule has 2 saturated carbocycles. The van der Waals surface area contributed by atoms with Crippen LogP contribution in [0.1, 0.15) is 52.2 Å². The van der Waals surface area contributed by atoms with Gasteiger partial charge in [-0.05, 0) is 0 Å². The Hall–Kier alpha value is -0.301. The molecule has 22 heavy (non-hydrogen) atoms. The summed E-state index contributed by atoms with van der Waals surface area (Å²) in [6.45, 7) is 9.86. The molecule has 0 radical (unpaired) electrons. The summed E-state index contributed by atoms with van der Waals surface area (Å²) >= 11 is 0.652. The Morgan fingerprint density at radius 3 is 2.41 bits per heavy atom. The summed E-state index contributed by atoms with van der Waals surface area (Å²) in [7, 11) is 1.87. The number of methoxy groups -OCH3 is 1. The van der Waals surface area contributed by atoms with Gasteiger partial charge in [-0.25, -0.2) is 0 Å². The van der Waals surface area contributed by atoms with E-state index >= 15 is 0 Å². The standard InChI is InChI=1S/C20H30OSe/c1-13-11-16-17(20(16,3)4)12-18(13)22-14(2)19(21-5)15-9-7-6-8-10-15/h6-10,13-14,16-19H,11-12H2,1-5H3/t13-,14?,16+,17-,18+,19?/m1/s1. The number of hydrogen-bond donors (Lipinski definition) is 0. The molecule has 2 aliphatic rings. The summed E-state index contributed by atoms with van der Waals surface area (Å²) in [5, 5.41) is 0. The van der Waals surface area contributed by atoms with E-state index in [1.54, 1.807) is 0 Å². The van der Waals surface area contributed by atoms with Crippen LogP contribution in [0.2, 0.25) is 9.63 Å². The van der Waals surface area contributed by atoms with Gasteiger partial charge in [-0.2, -0.15) is 0 Å². The van der Waals surface area contributed by atoms with Gasteiger partial charge in [0.1, 0.15) is 0 Å². The second kappa shape index (κ2) is 6.30. The molecule has 2 aliphatic carbocycles. The average molecular weight is 365 g/mol. The van der Waals surface area contributed by atoms with E-state index in [0.717, 1.165) is 22.6 Å². The number of benzene rings is 1. The predicted octanol–water partition coefficient (Wildman–Crippen LogP) is 5.38. The summed E-state index contributed by atoms with van der Waals surface area (Å²) < 4.78 is 5.87. The van der Waals surface area contributed by atoms with E-state index in [1.807, 2.05) is 7.11 Å². The first-order valence-corrected chi connectivity index (χ1v) is 10.7. The molecule has 0 N–H and O–H groups in total. The van der Waals surface area contributed by atoms with Gasteiger partial charge in [0.2, 0.25) is 0 Å². The van der Waals surface area contributed by atoms with E-state index < -0.39 is 0 Å². The minimum absolute atomic E-state index is 0.262. The fourth-order valence-corrected chi connectivity index (χ4v) is 8.09. The molecule has 0 spiro atoms. The van der Waals surface area contributed by atoms with Gasteiger partial charge in [0.15, 0.2) is 0 Å². The molecular formula is C20H30OSe. The molecule has 0 aliphatic heterocycles. The molecule has 2 heteroatoms. The van der Waals surface area contributed by atoms with Crippen molar-refractivity contribution in [2.24, 2.45) is 23.2 Å². The first kappa shape index (κ1) is 16.6. The number of hydrogen-bond acceptors (Lipinski definition) is 1. The third-order valence-corrected chi connectivity index (χ3v) is 9.76. The molecule has 0 saturated heterocycles. The van der Waals surface area contributed by atoms with Crippen molar-refractivity contribution in [1.82, 2.24) is 0 Å². The van der Waals surface area contributed by atoms with Crippen LogP contribution in [0.5, 0.6) is 0 Å². The van der Waals surface area contributed by atoms with Crippen molar-refractivity contribution in [3.05, 3.63) is 35.9 Å². The summed E-state index contributed by atoms with van der Waals surface area (Å²) in [6.07, 6.45) is 3.19. The zero-order valence-corrected chi connectivity index (χ0v) is 16.3. The second-order valence-corrected chi connectivity index (χ2v) is 11.3. The van der Waals surface area contributed by atoms with E-state index in [2.05, 4.69) is 58.0 Å². The van der Waals surface area contributed by atoms with E-state index in [-0.39, 0.29) is 6.10 Å². The van der Waals surface area contributed by atoms with Crippen LogP contribution in [0.3, 0.4) is 0 Å². The van der Waals surface area contributed by atoms with Crippen molar-refractivity contribution >= 4 is 15.0 Å². The summed E-state index contributed by atoms with van der Waals surface area (Å²) in [5.74, 6) is 2.91. The Labute approximate surface area is 142 Å². The molecular weight excluding hydrogens is 335 g/mol. The summed E-state index contributed by atoms with van der Waals surface area (Å²) in [6, 6.07) is 10.8. The van der Waals surface area contributed by atoms with Crippen molar-refractivity contribution in [2.75, 3.05) is 7.11 Å². The van der Waals surface area contributed by atoms with Crippen LogP contribution in [-0.2, 0) is 4.74 Å². The molecule has 0 aromatic heterocycles. The number of fused-ring (bicyclic) bond motifs is 1. The van der Waals surface area contributed by atoms with Crippen molar-refractivity contribution in [2.45, 2.75) is 56.3 Å². The van der Waals surface area contributed by atoms with Gasteiger partial charge in [0.05, 0.1) is 0 Å². The van der Waals surface area contributed by atoms with E-state index in [0.29, 0.717) is 25.2 Å². The summed E-state index contributed by atoms with van der Waals surface area (Å²) in [5.41, 5.74) is 1.97. The zero-order chi connectivity index (χ0) is 15.9. The SMILES string of the molecule is COC(c1ccccc1)C(C)[Se][C@H]1C[C@@H]2[C@H](C[C@H]1C)C2(C)C. The van der Waals surface area contributed by atoms with Gasteiger partial charge >= 0.3 is 142 Å². The van der Waals surface area contributed by atoms with Gasteiger partial charge in [0.25, 0.3) is 0 Å². The van der Waals surface area contributed by atoms with Crippen molar-refractivity contribution < 1.29 is 4.74 Å². The van der Waals surface area contributed by atoms with E-state index in [9.17, 15) is 0 Å². The molecule has 1 aromatic carbocycles. The first-order valence-electron chi connectivity index (χ1n) is 8.68. The normalized spacial score (nSPS) is 35.5. The molecule has 1 aromatic rings. The summed E-state index contributed by atoms with van der Waals surface area (Å²) in [4.78, 5) is 1.58. The zero-order valence-electron chi connectivity index (χ0n) is 14.6. The average Bonchev–Trinajstić information content (AvgIpc) is 3.01. The Morgan fingerprint density at radius 2 is 1.77 bits per heavy atom. The first-order chi connectivity index (χ1) is 10.4. The molecule has 6 atom stereocenters. The topological polar surface area (TPSA) is 9.23 Å². The molecule has 2 unspecified atom stereocenters.